The van der Waals surface area contributed by atoms with Gasteiger partial charge in [0.05, 0.1) is 5.75 Å². The Morgan fingerprint density at radius 1 is 1.14 bits per heavy atom. The molecule has 0 fully saturated rings. The highest BCUT2D eigenvalue weighted by molar-refractivity contribution is 7.89. The molecule has 1 aromatic carbocycles. The number of nitrogens with two attached hydrogens (primary N) is 1. The van der Waals surface area contributed by atoms with Crippen LogP contribution in [0.4, 0.5) is 5.69 Å². The summed E-state index contributed by atoms with van der Waals surface area (Å²) >= 11 is 0. The van der Waals surface area contributed by atoms with Gasteiger partial charge in [0.15, 0.2) is 0 Å². The fourth-order valence-electron chi connectivity index (χ4n) is 1.80. The Morgan fingerprint density at radius 2 is 1.82 bits per heavy atom. The Hall–Kier alpha value is -2.45. The molecular weight excluding hydrogens is 306 g/mol. The van der Waals surface area contributed by atoms with E-state index in [1.165, 1.54) is 10.6 Å². The summed E-state index contributed by atoms with van der Waals surface area (Å²) in [4.78, 5) is 23.3. The highest BCUT2D eigenvalue weighted by atomic mass is 32.2. The van der Waals surface area contributed by atoms with E-state index in [1.807, 2.05) is 0 Å². The van der Waals surface area contributed by atoms with Crippen LogP contribution >= 0.6 is 0 Å². The topological polar surface area (TPSA) is 111 Å². The van der Waals surface area contributed by atoms with E-state index in [9.17, 15) is 18.0 Å². The molecule has 0 unspecified atom stereocenters. The van der Waals surface area contributed by atoms with Crippen LogP contribution in [0.15, 0.2) is 53.5 Å². The lowest BCUT2D eigenvalue weighted by molar-refractivity contribution is -0.115. The lowest BCUT2D eigenvalue weighted by Gasteiger charge is -2.08. The summed E-state index contributed by atoms with van der Waals surface area (Å²) in [6, 6.07) is 11.5. The molecule has 0 saturated heterocycles. The first-order valence-electron chi connectivity index (χ1n) is 6.43. The standard InChI is InChI=1S/C14H15N3O4S/c15-22(20,21)10-8-13(18)16-11-4-6-12(7-5-11)17-9-2-1-3-14(17)19/h1-7,9H,8,10H2,(H,16,18)(H2,15,20,21). The van der Waals surface area contributed by atoms with Crippen LogP contribution in [-0.2, 0) is 14.8 Å². The van der Waals surface area contributed by atoms with Crippen LogP contribution in [-0.4, -0.2) is 24.6 Å². The zero-order valence-corrected chi connectivity index (χ0v) is 12.4. The predicted octanol–water partition coefficient (Wildman–Crippen LogP) is 0.455. The van der Waals surface area contributed by atoms with Gasteiger partial charge in [0.2, 0.25) is 15.9 Å². The number of amides is 1. The highest BCUT2D eigenvalue weighted by Crippen LogP contribution is 2.12. The number of carbonyl (C=O) groups excluding carboxylic acids is 1. The number of pyridine rings is 1. The summed E-state index contributed by atoms with van der Waals surface area (Å²) in [6.07, 6.45) is 1.43. The average molecular weight is 321 g/mol. The van der Waals surface area contributed by atoms with Gasteiger partial charge < -0.3 is 5.32 Å². The third kappa shape index (κ3) is 4.54. The molecule has 1 heterocycles. The zero-order chi connectivity index (χ0) is 16.2. The van der Waals surface area contributed by atoms with Crippen molar-refractivity contribution in [2.75, 3.05) is 11.1 Å². The number of primary sulfonamides is 1. The van der Waals surface area contributed by atoms with E-state index < -0.39 is 21.7 Å². The molecular formula is C14H15N3O4S. The van der Waals surface area contributed by atoms with Crippen molar-refractivity contribution >= 4 is 21.6 Å². The van der Waals surface area contributed by atoms with E-state index in [1.54, 1.807) is 42.6 Å². The van der Waals surface area contributed by atoms with Crippen LogP contribution in [0.5, 0.6) is 0 Å². The highest BCUT2D eigenvalue weighted by Gasteiger charge is 2.08. The Labute approximate surface area is 127 Å². The summed E-state index contributed by atoms with van der Waals surface area (Å²) in [6.45, 7) is 0. The lowest BCUT2D eigenvalue weighted by atomic mass is 10.2. The SMILES string of the molecule is NS(=O)(=O)CCC(=O)Nc1ccc(-n2ccccc2=O)cc1. The van der Waals surface area contributed by atoms with E-state index in [0.717, 1.165) is 0 Å². The Balaban J connectivity index is 2.05. The second kappa shape index (κ2) is 6.54. The average Bonchev–Trinajstić information content (AvgIpc) is 2.46. The maximum atomic E-state index is 11.7. The molecule has 2 rings (SSSR count). The van der Waals surface area contributed by atoms with E-state index in [2.05, 4.69) is 5.32 Å². The third-order valence-corrected chi connectivity index (χ3v) is 3.64. The summed E-state index contributed by atoms with van der Waals surface area (Å²) in [5.74, 6) is -0.852. The van der Waals surface area contributed by atoms with Crippen LogP contribution in [0.1, 0.15) is 6.42 Å². The van der Waals surface area contributed by atoms with Crippen LogP contribution in [0.25, 0.3) is 5.69 Å². The first-order valence-corrected chi connectivity index (χ1v) is 8.15. The summed E-state index contributed by atoms with van der Waals surface area (Å²) < 4.78 is 23.0. The maximum absolute atomic E-state index is 11.7. The molecule has 0 saturated carbocycles. The quantitative estimate of drug-likeness (QED) is 0.833. The number of nitrogens with zero attached hydrogens (tertiary/aromatic N) is 1. The van der Waals surface area contributed by atoms with Gasteiger partial charge >= 0.3 is 0 Å². The van der Waals surface area contributed by atoms with Crippen molar-refractivity contribution in [3.8, 4) is 5.69 Å². The minimum absolute atomic E-state index is 0.160. The number of anilines is 1. The van der Waals surface area contributed by atoms with E-state index in [4.69, 9.17) is 5.14 Å². The molecule has 0 radical (unpaired) electrons. The molecule has 2 aromatic rings. The molecule has 0 aliphatic rings. The molecule has 0 bridgehead atoms. The second-order valence-electron chi connectivity index (χ2n) is 4.62. The summed E-state index contributed by atoms with van der Waals surface area (Å²) in [5.41, 5.74) is 1.01. The van der Waals surface area contributed by atoms with Gasteiger partial charge in [-0.3, -0.25) is 14.2 Å². The Kier molecular flexibility index (Phi) is 4.74. The Bertz CT molecular complexity index is 826. The fraction of sp³-hybridized carbons (Fsp3) is 0.143. The van der Waals surface area contributed by atoms with Crippen molar-refractivity contribution in [3.63, 3.8) is 0 Å². The smallest absolute Gasteiger partial charge is 0.255 e. The van der Waals surface area contributed by atoms with Crippen LogP contribution < -0.4 is 16.0 Å². The lowest BCUT2D eigenvalue weighted by Crippen LogP contribution is -2.22. The fourth-order valence-corrected chi connectivity index (χ4v) is 2.27. The number of sulfonamides is 1. The molecule has 22 heavy (non-hydrogen) atoms. The maximum Gasteiger partial charge on any atom is 0.255 e. The van der Waals surface area contributed by atoms with Gasteiger partial charge in [0, 0.05) is 30.1 Å². The second-order valence-corrected chi connectivity index (χ2v) is 6.35. The third-order valence-electron chi connectivity index (χ3n) is 2.87. The van der Waals surface area contributed by atoms with Gasteiger partial charge in [0.25, 0.3) is 5.56 Å². The first-order chi connectivity index (χ1) is 10.3. The van der Waals surface area contributed by atoms with Gasteiger partial charge in [-0.2, -0.15) is 0 Å². The van der Waals surface area contributed by atoms with Crippen molar-refractivity contribution in [3.05, 3.63) is 59.0 Å². The number of benzene rings is 1. The molecule has 0 aliphatic carbocycles. The van der Waals surface area contributed by atoms with Gasteiger partial charge in [-0.25, -0.2) is 13.6 Å². The molecule has 0 atom stereocenters. The number of carbonyl (C=O) groups is 1. The molecule has 7 nitrogen and oxygen atoms in total. The monoisotopic (exact) mass is 321 g/mol. The number of rotatable bonds is 5. The first kappa shape index (κ1) is 15.9. The van der Waals surface area contributed by atoms with Gasteiger partial charge in [0.1, 0.15) is 0 Å². The summed E-state index contributed by atoms with van der Waals surface area (Å²) in [7, 11) is -3.66. The molecule has 1 amide bonds. The summed E-state index contributed by atoms with van der Waals surface area (Å²) in [5, 5.41) is 7.40. The van der Waals surface area contributed by atoms with Crippen LogP contribution in [0.2, 0.25) is 0 Å². The number of hydrogen-bond donors (Lipinski definition) is 2. The van der Waals surface area contributed by atoms with E-state index in [0.29, 0.717) is 11.4 Å². The molecule has 0 spiro atoms. The van der Waals surface area contributed by atoms with Gasteiger partial charge in [-0.15, -0.1) is 0 Å². The van der Waals surface area contributed by atoms with Crippen LogP contribution in [0, 0.1) is 0 Å². The van der Waals surface area contributed by atoms with Crippen molar-refractivity contribution in [1.29, 1.82) is 0 Å². The molecule has 8 heteroatoms. The van der Waals surface area contributed by atoms with Crippen molar-refractivity contribution < 1.29 is 13.2 Å². The zero-order valence-electron chi connectivity index (χ0n) is 11.6. The van der Waals surface area contributed by atoms with Crippen molar-refractivity contribution in [2.45, 2.75) is 6.42 Å². The molecule has 3 N–H and O–H groups in total. The number of aromatic nitrogens is 1. The molecule has 116 valence electrons. The Morgan fingerprint density at radius 3 is 2.41 bits per heavy atom. The minimum Gasteiger partial charge on any atom is -0.326 e. The molecule has 1 aromatic heterocycles. The van der Waals surface area contributed by atoms with E-state index in [-0.39, 0.29) is 12.0 Å². The largest absolute Gasteiger partial charge is 0.326 e. The van der Waals surface area contributed by atoms with Gasteiger partial charge in [-0.05, 0) is 30.3 Å². The normalized spacial score (nSPS) is 11.1. The predicted molar refractivity (Wildman–Crippen MR) is 83.3 cm³/mol. The van der Waals surface area contributed by atoms with Crippen LogP contribution in [0.3, 0.4) is 0 Å². The number of hydrogen-bond acceptors (Lipinski definition) is 4. The van der Waals surface area contributed by atoms with Gasteiger partial charge in [-0.1, -0.05) is 6.07 Å². The minimum atomic E-state index is -3.66. The molecule has 0 aliphatic heterocycles. The van der Waals surface area contributed by atoms with Crippen molar-refractivity contribution in [2.24, 2.45) is 5.14 Å². The van der Waals surface area contributed by atoms with Crippen molar-refractivity contribution in [1.82, 2.24) is 4.57 Å². The number of nitrogens with one attached hydrogen (secondary N) is 1. The van der Waals surface area contributed by atoms with E-state index >= 15 is 0 Å².